The molecule has 0 aliphatic rings. The van der Waals surface area contributed by atoms with Gasteiger partial charge in [0.05, 0.1) is 5.69 Å². The molecule has 0 spiro atoms. The summed E-state index contributed by atoms with van der Waals surface area (Å²) < 4.78 is 39.9. The third-order valence-electron chi connectivity index (χ3n) is 2.32. The molecule has 7 heteroatoms. The summed E-state index contributed by atoms with van der Waals surface area (Å²) in [6.07, 6.45) is 0. The maximum absolute atomic E-state index is 13.6. The fourth-order valence-corrected chi connectivity index (χ4v) is 2.80. The molecule has 0 aliphatic heterocycles. The molecular formula is C12H10ClFN2O2S. The van der Waals surface area contributed by atoms with Crippen LogP contribution >= 0.6 is 11.6 Å². The van der Waals surface area contributed by atoms with Crippen molar-refractivity contribution in [3.05, 3.63) is 53.3 Å². The lowest BCUT2D eigenvalue weighted by Gasteiger charge is -2.09. The Bertz CT molecular complexity index is 719. The van der Waals surface area contributed by atoms with Crippen molar-refractivity contribution in [2.24, 2.45) is 0 Å². The number of nitrogen functional groups attached to an aromatic ring is 1. The highest BCUT2D eigenvalue weighted by Crippen LogP contribution is 2.22. The standard InChI is InChI=1S/C12H10ClFN2O2S/c13-8-2-1-3-10(6-8)16-19(17,18)12-5-4-9(15)7-11(12)14/h1-7,16H,15H2. The molecule has 19 heavy (non-hydrogen) atoms. The minimum absolute atomic E-state index is 0.152. The van der Waals surface area contributed by atoms with Crippen molar-refractivity contribution in [3.63, 3.8) is 0 Å². The first-order valence-corrected chi connectivity index (χ1v) is 7.08. The third-order valence-corrected chi connectivity index (χ3v) is 3.97. The van der Waals surface area contributed by atoms with Gasteiger partial charge < -0.3 is 5.73 Å². The number of hydrogen-bond donors (Lipinski definition) is 2. The highest BCUT2D eigenvalue weighted by Gasteiger charge is 2.19. The minimum atomic E-state index is -4.02. The molecule has 2 aromatic rings. The fraction of sp³-hybridized carbons (Fsp3) is 0. The van der Waals surface area contributed by atoms with E-state index in [0.717, 1.165) is 12.1 Å². The topological polar surface area (TPSA) is 72.2 Å². The first-order valence-electron chi connectivity index (χ1n) is 5.22. The van der Waals surface area contributed by atoms with Crippen LogP contribution < -0.4 is 10.5 Å². The molecule has 2 rings (SSSR count). The summed E-state index contributed by atoms with van der Waals surface area (Å²) in [7, 11) is -4.02. The Morgan fingerprint density at radius 2 is 1.89 bits per heavy atom. The predicted octanol–water partition coefficient (Wildman–Crippen LogP) is 2.86. The molecule has 0 unspecified atom stereocenters. The Labute approximate surface area is 115 Å². The number of halogens is 2. The smallest absolute Gasteiger partial charge is 0.264 e. The van der Waals surface area contributed by atoms with E-state index in [1.54, 1.807) is 12.1 Å². The van der Waals surface area contributed by atoms with E-state index in [9.17, 15) is 12.8 Å². The van der Waals surface area contributed by atoms with E-state index < -0.39 is 20.7 Å². The van der Waals surface area contributed by atoms with Crippen LogP contribution in [0.25, 0.3) is 0 Å². The van der Waals surface area contributed by atoms with Crippen molar-refractivity contribution in [1.29, 1.82) is 0 Å². The highest BCUT2D eigenvalue weighted by molar-refractivity contribution is 7.92. The molecule has 0 aromatic heterocycles. The van der Waals surface area contributed by atoms with Gasteiger partial charge in [0.15, 0.2) is 0 Å². The van der Waals surface area contributed by atoms with Gasteiger partial charge in [0.2, 0.25) is 0 Å². The maximum Gasteiger partial charge on any atom is 0.264 e. The predicted molar refractivity (Wildman–Crippen MR) is 73.1 cm³/mol. The maximum atomic E-state index is 13.6. The van der Waals surface area contributed by atoms with Crippen molar-refractivity contribution in [3.8, 4) is 0 Å². The van der Waals surface area contributed by atoms with Gasteiger partial charge in [0.25, 0.3) is 10.0 Å². The van der Waals surface area contributed by atoms with Crippen LogP contribution in [0.5, 0.6) is 0 Å². The molecule has 4 nitrogen and oxygen atoms in total. The van der Waals surface area contributed by atoms with Crippen LogP contribution in [-0.4, -0.2) is 8.42 Å². The van der Waals surface area contributed by atoms with Gasteiger partial charge in [0.1, 0.15) is 10.7 Å². The molecule has 0 bridgehead atoms. The van der Waals surface area contributed by atoms with Crippen LogP contribution in [0.4, 0.5) is 15.8 Å². The number of sulfonamides is 1. The van der Waals surface area contributed by atoms with Crippen LogP contribution in [0.3, 0.4) is 0 Å². The van der Waals surface area contributed by atoms with Crippen molar-refractivity contribution in [2.45, 2.75) is 4.90 Å². The first-order chi connectivity index (χ1) is 8.88. The van der Waals surface area contributed by atoms with Crippen molar-refractivity contribution in [1.82, 2.24) is 0 Å². The van der Waals surface area contributed by atoms with Crippen molar-refractivity contribution >= 4 is 33.0 Å². The van der Waals surface area contributed by atoms with E-state index >= 15 is 0 Å². The van der Waals surface area contributed by atoms with Gasteiger partial charge in [-0.15, -0.1) is 0 Å². The number of nitrogens with one attached hydrogen (secondary N) is 1. The second kappa shape index (κ2) is 5.07. The van der Waals surface area contributed by atoms with E-state index in [-0.39, 0.29) is 11.4 Å². The fourth-order valence-electron chi connectivity index (χ4n) is 1.50. The van der Waals surface area contributed by atoms with Crippen LogP contribution in [-0.2, 0) is 10.0 Å². The zero-order valence-electron chi connectivity index (χ0n) is 9.60. The molecule has 0 amide bonds. The van der Waals surface area contributed by atoms with Crippen LogP contribution in [0.15, 0.2) is 47.4 Å². The summed E-state index contributed by atoms with van der Waals surface area (Å²) in [6.45, 7) is 0. The van der Waals surface area contributed by atoms with Gasteiger partial charge in [-0.1, -0.05) is 17.7 Å². The third kappa shape index (κ3) is 3.15. The normalized spacial score (nSPS) is 11.3. The van der Waals surface area contributed by atoms with E-state index in [4.69, 9.17) is 17.3 Å². The second-order valence-electron chi connectivity index (χ2n) is 3.81. The van der Waals surface area contributed by atoms with E-state index in [1.165, 1.54) is 18.2 Å². The van der Waals surface area contributed by atoms with Gasteiger partial charge in [-0.2, -0.15) is 0 Å². The molecule has 0 fully saturated rings. The molecule has 3 N–H and O–H groups in total. The highest BCUT2D eigenvalue weighted by atomic mass is 35.5. The quantitative estimate of drug-likeness (QED) is 0.856. The average molecular weight is 301 g/mol. The summed E-state index contributed by atoms with van der Waals surface area (Å²) in [5, 5.41) is 0.373. The SMILES string of the molecule is Nc1ccc(S(=O)(=O)Nc2cccc(Cl)c2)c(F)c1. The number of hydrogen-bond acceptors (Lipinski definition) is 3. The molecular weight excluding hydrogens is 291 g/mol. The summed E-state index contributed by atoms with van der Waals surface area (Å²) >= 11 is 5.75. The summed E-state index contributed by atoms with van der Waals surface area (Å²) in [5.74, 6) is -0.908. The van der Waals surface area contributed by atoms with E-state index in [2.05, 4.69) is 4.72 Å². The van der Waals surface area contributed by atoms with Crippen molar-refractivity contribution in [2.75, 3.05) is 10.5 Å². The lowest BCUT2D eigenvalue weighted by Crippen LogP contribution is -2.14. The van der Waals surface area contributed by atoms with E-state index in [0.29, 0.717) is 5.02 Å². The number of rotatable bonds is 3. The lowest BCUT2D eigenvalue weighted by atomic mass is 10.3. The van der Waals surface area contributed by atoms with Crippen LogP contribution in [0.1, 0.15) is 0 Å². The van der Waals surface area contributed by atoms with Crippen molar-refractivity contribution < 1.29 is 12.8 Å². The molecule has 0 radical (unpaired) electrons. The summed E-state index contributed by atoms with van der Waals surface area (Å²) in [4.78, 5) is -0.471. The molecule has 0 saturated carbocycles. The number of anilines is 2. The molecule has 0 heterocycles. The number of benzene rings is 2. The largest absolute Gasteiger partial charge is 0.399 e. The van der Waals surface area contributed by atoms with Crippen LogP contribution in [0, 0.1) is 5.82 Å². The zero-order valence-corrected chi connectivity index (χ0v) is 11.2. The Balaban J connectivity index is 2.38. The Kier molecular flexibility index (Phi) is 3.64. The van der Waals surface area contributed by atoms with Gasteiger partial charge in [-0.25, -0.2) is 12.8 Å². The van der Waals surface area contributed by atoms with Gasteiger partial charge in [-0.05, 0) is 36.4 Å². The van der Waals surface area contributed by atoms with Gasteiger partial charge >= 0.3 is 0 Å². The lowest BCUT2D eigenvalue weighted by molar-refractivity contribution is 0.571. The summed E-state index contributed by atoms with van der Waals surface area (Å²) in [6, 6.07) is 9.50. The Hall–Kier alpha value is -1.79. The molecule has 0 atom stereocenters. The first kappa shape index (κ1) is 13.6. The number of nitrogens with two attached hydrogens (primary N) is 1. The Morgan fingerprint density at radius 3 is 2.53 bits per heavy atom. The molecule has 100 valence electrons. The zero-order chi connectivity index (χ0) is 14.0. The monoisotopic (exact) mass is 300 g/mol. The summed E-state index contributed by atoms with van der Waals surface area (Å²) in [5.41, 5.74) is 5.78. The second-order valence-corrected chi connectivity index (χ2v) is 5.89. The average Bonchev–Trinajstić information content (AvgIpc) is 2.27. The van der Waals surface area contributed by atoms with Gasteiger partial charge in [-0.3, -0.25) is 4.72 Å². The molecule has 2 aromatic carbocycles. The van der Waals surface area contributed by atoms with Crippen LogP contribution in [0.2, 0.25) is 5.02 Å². The molecule has 0 saturated heterocycles. The minimum Gasteiger partial charge on any atom is -0.399 e. The Morgan fingerprint density at radius 1 is 1.16 bits per heavy atom. The van der Waals surface area contributed by atoms with E-state index in [1.807, 2.05) is 0 Å². The molecule has 0 aliphatic carbocycles. The van der Waals surface area contributed by atoms with Gasteiger partial charge in [0, 0.05) is 10.7 Å².